The number of halogens is 1. The van der Waals surface area contributed by atoms with Crippen molar-refractivity contribution >= 4 is 5.97 Å². The molecule has 0 saturated carbocycles. The Morgan fingerprint density at radius 3 is 1.69 bits per heavy atom. The van der Waals surface area contributed by atoms with Crippen LogP contribution in [0.2, 0.25) is 0 Å². The lowest BCUT2D eigenvalue weighted by Crippen LogP contribution is -3.00. The molecule has 0 heterocycles. The fourth-order valence-electron chi connectivity index (χ4n) is 0.712. The predicted molar refractivity (Wildman–Crippen MR) is 50.2 cm³/mol. The van der Waals surface area contributed by atoms with Crippen LogP contribution in [0.5, 0.6) is 0 Å². The van der Waals surface area contributed by atoms with E-state index in [-0.39, 0.29) is 35.7 Å². The first kappa shape index (κ1) is 22.8. The fraction of sp³-hybridized carbons (Fsp3) is 0.625. The maximum absolute atomic E-state index is 10.2. The third-order valence-electron chi connectivity index (χ3n) is 1.03. The van der Waals surface area contributed by atoms with Crippen LogP contribution in [0.1, 0.15) is 27.2 Å². The van der Waals surface area contributed by atoms with Crippen LogP contribution in [-0.4, -0.2) is 5.97 Å². The molecular weight excluding hydrogens is 192 g/mol. The lowest BCUT2D eigenvalue weighted by atomic mass is 9.88. The van der Waals surface area contributed by atoms with E-state index in [9.17, 15) is 9.90 Å². The first-order chi connectivity index (χ1) is 4.33. The fourth-order valence-corrected chi connectivity index (χ4v) is 0.712. The molecule has 0 aliphatic heterocycles. The maximum Gasteiger partial charge on any atom is 0.0669 e. The van der Waals surface area contributed by atoms with Crippen LogP contribution in [0.4, 0.5) is 0 Å². The lowest BCUT2D eigenvalue weighted by Gasteiger charge is -2.19. The van der Waals surface area contributed by atoms with Crippen LogP contribution in [0.15, 0.2) is 12.2 Å². The maximum atomic E-state index is 10.2. The van der Waals surface area contributed by atoms with Gasteiger partial charge in [-0.2, -0.15) is 0 Å². The number of carboxylic acid groups (broad SMARTS) is 1. The molecule has 0 aliphatic carbocycles. The molecule has 4 nitrogen and oxygen atoms in total. The van der Waals surface area contributed by atoms with Gasteiger partial charge in [-0.05, 0) is 17.4 Å². The van der Waals surface area contributed by atoms with Crippen molar-refractivity contribution in [3.63, 3.8) is 0 Å². The molecule has 0 rings (SSSR count). The van der Waals surface area contributed by atoms with Crippen LogP contribution in [0.25, 0.3) is 0 Å². The molecule has 8 N–H and O–H groups in total. The molecule has 0 aromatic heterocycles. The third-order valence-corrected chi connectivity index (χ3v) is 1.03. The summed E-state index contributed by atoms with van der Waals surface area (Å²) >= 11 is 0. The summed E-state index contributed by atoms with van der Waals surface area (Å²) in [6.07, 6.45) is 0.481. The number of quaternary nitrogens is 2. The molecule has 0 aromatic carbocycles. The van der Waals surface area contributed by atoms with Gasteiger partial charge in [0.05, 0.1) is 5.97 Å². The highest BCUT2D eigenvalue weighted by molar-refractivity contribution is 5.83. The van der Waals surface area contributed by atoms with Gasteiger partial charge < -0.3 is 34.6 Å². The van der Waals surface area contributed by atoms with E-state index in [0.29, 0.717) is 6.42 Å². The third kappa shape index (κ3) is 14.3. The van der Waals surface area contributed by atoms with Gasteiger partial charge in [0, 0.05) is 0 Å². The van der Waals surface area contributed by atoms with Gasteiger partial charge in [-0.25, -0.2) is 0 Å². The van der Waals surface area contributed by atoms with E-state index in [1.54, 1.807) is 0 Å². The van der Waals surface area contributed by atoms with Crippen LogP contribution in [-0.2, 0) is 4.79 Å². The minimum absolute atomic E-state index is 0. The number of carboxylic acids is 1. The average Bonchev–Trinajstić information content (AvgIpc) is 1.60. The largest absolute Gasteiger partial charge is 1.00 e. The van der Waals surface area contributed by atoms with E-state index < -0.39 is 5.97 Å². The molecule has 0 unspecified atom stereocenters. The van der Waals surface area contributed by atoms with Gasteiger partial charge >= 0.3 is 0 Å². The lowest BCUT2D eigenvalue weighted by molar-refractivity contribution is -0.299. The molecule has 13 heavy (non-hydrogen) atoms. The van der Waals surface area contributed by atoms with Crippen molar-refractivity contribution in [1.82, 2.24) is 12.3 Å². The van der Waals surface area contributed by atoms with E-state index in [1.807, 2.05) is 20.8 Å². The van der Waals surface area contributed by atoms with Crippen molar-refractivity contribution < 1.29 is 22.3 Å². The van der Waals surface area contributed by atoms with Crippen molar-refractivity contribution in [2.24, 2.45) is 5.41 Å². The second kappa shape index (κ2) is 8.04. The first-order valence-corrected chi connectivity index (χ1v) is 3.22. The van der Waals surface area contributed by atoms with Gasteiger partial charge in [0.2, 0.25) is 0 Å². The van der Waals surface area contributed by atoms with Gasteiger partial charge in [-0.15, -0.1) is 0 Å². The van der Waals surface area contributed by atoms with E-state index in [4.69, 9.17) is 0 Å². The molecule has 0 bridgehead atoms. The summed E-state index contributed by atoms with van der Waals surface area (Å²) in [4.78, 5) is 10.2. The van der Waals surface area contributed by atoms with Gasteiger partial charge in [0.1, 0.15) is 0 Å². The second-order valence-electron chi connectivity index (χ2n) is 3.63. The molecule has 0 amide bonds. The summed E-state index contributed by atoms with van der Waals surface area (Å²) in [6.45, 7) is 9.26. The van der Waals surface area contributed by atoms with Crippen molar-refractivity contribution in [2.75, 3.05) is 0 Å². The standard InChI is InChI=1S/C8H14O2.ClH.2H3N/c1-6(7(9)10)5-8(2,3)4;;;/h1,5H2,2-4H3,(H,9,10);1H;2*1H3. The molecule has 5 heteroatoms. The molecule has 0 aliphatic rings. The zero-order valence-corrected chi connectivity index (χ0v) is 9.86. The molecule has 0 spiro atoms. The molecule has 0 fully saturated rings. The Hall–Kier alpha value is -0.580. The van der Waals surface area contributed by atoms with Crippen molar-refractivity contribution in [1.29, 1.82) is 0 Å². The Labute approximate surface area is 86.0 Å². The first-order valence-electron chi connectivity index (χ1n) is 3.22. The average molecular weight is 213 g/mol. The zero-order valence-electron chi connectivity index (χ0n) is 9.11. The Bertz CT molecular complexity index is 164. The van der Waals surface area contributed by atoms with Crippen molar-refractivity contribution in [3.05, 3.63) is 12.2 Å². The number of carbonyl (C=O) groups is 1. The second-order valence-corrected chi connectivity index (χ2v) is 3.63. The number of aliphatic carboxylic acids is 1. The highest BCUT2D eigenvalue weighted by Gasteiger charge is 2.11. The van der Waals surface area contributed by atoms with Crippen LogP contribution >= 0.6 is 0 Å². The summed E-state index contributed by atoms with van der Waals surface area (Å²) < 4.78 is 0. The summed E-state index contributed by atoms with van der Waals surface area (Å²) in [5.74, 6) is -1.14. The highest BCUT2D eigenvalue weighted by atomic mass is 35.5. The monoisotopic (exact) mass is 212 g/mol. The summed E-state index contributed by atoms with van der Waals surface area (Å²) in [7, 11) is 0. The van der Waals surface area contributed by atoms with E-state index in [1.165, 1.54) is 0 Å². The summed E-state index contributed by atoms with van der Waals surface area (Å²) in [5, 5.41) is 10.2. The summed E-state index contributed by atoms with van der Waals surface area (Å²) in [6, 6.07) is 0. The number of rotatable bonds is 2. The smallest absolute Gasteiger partial charge is 0.0669 e. The van der Waals surface area contributed by atoms with Crippen LogP contribution in [0.3, 0.4) is 0 Å². The Kier molecular flexibility index (Phi) is 14.1. The van der Waals surface area contributed by atoms with Crippen molar-refractivity contribution in [3.8, 4) is 0 Å². The highest BCUT2D eigenvalue weighted by Crippen LogP contribution is 2.22. The normalized spacial score (nSPS) is 8.54. The van der Waals surface area contributed by atoms with Gasteiger partial charge in [-0.3, -0.25) is 0 Å². The SMILES string of the molecule is C=C(CC(C)(C)C)C(=O)[O-].[Cl-].[NH4+].[NH4+]. The van der Waals surface area contributed by atoms with Crippen LogP contribution in [0, 0.1) is 5.41 Å². The van der Waals surface area contributed by atoms with Gasteiger partial charge in [0.15, 0.2) is 0 Å². The van der Waals surface area contributed by atoms with Crippen molar-refractivity contribution in [2.45, 2.75) is 27.2 Å². The number of carbonyl (C=O) groups excluding carboxylic acids is 1. The Morgan fingerprint density at radius 2 is 1.62 bits per heavy atom. The van der Waals surface area contributed by atoms with Crippen LogP contribution < -0.4 is 29.8 Å². The molecule has 0 atom stereocenters. The molecule has 0 radical (unpaired) electrons. The minimum Gasteiger partial charge on any atom is -1.00 e. The molecule has 0 saturated heterocycles. The predicted octanol–water partition coefficient (Wildman–Crippen LogP) is -1.51. The number of hydrogen-bond donors (Lipinski definition) is 2. The molecular formula is C8H21ClN2O2. The summed E-state index contributed by atoms with van der Waals surface area (Å²) in [5.41, 5.74) is 0.157. The van der Waals surface area contributed by atoms with Gasteiger partial charge in [-0.1, -0.05) is 27.4 Å². The van der Waals surface area contributed by atoms with E-state index in [2.05, 4.69) is 6.58 Å². The molecule has 82 valence electrons. The van der Waals surface area contributed by atoms with E-state index in [0.717, 1.165) is 0 Å². The Balaban J connectivity index is -0.000000135. The van der Waals surface area contributed by atoms with Gasteiger partial charge in [0.25, 0.3) is 0 Å². The van der Waals surface area contributed by atoms with E-state index >= 15 is 0 Å². The number of hydrogen-bond acceptors (Lipinski definition) is 2. The Morgan fingerprint density at radius 1 is 1.31 bits per heavy atom. The minimum atomic E-state index is -1.14. The topological polar surface area (TPSA) is 113 Å². The zero-order chi connectivity index (χ0) is 8.36. The molecule has 0 aromatic rings. The quantitative estimate of drug-likeness (QED) is 0.542.